The first-order chi connectivity index (χ1) is 8.90. The Labute approximate surface area is 115 Å². The van der Waals surface area contributed by atoms with Crippen molar-refractivity contribution in [3.05, 3.63) is 17.3 Å². The summed E-state index contributed by atoms with van der Waals surface area (Å²) in [5.41, 5.74) is 1.31. The summed E-state index contributed by atoms with van der Waals surface area (Å²) in [5.74, 6) is 3.61. The number of hydrogen-bond acceptors (Lipinski definition) is 5. The van der Waals surface area contributed by atoms with Gasteiger partial charge in [0.05, 0.1) is 5.69 Å². The molecular formula is C12H18N4S2. The summed E-state index contributed by atoms with van der Waals surface area (Å²) < 4.78 is 2.23. The van der Waals surface area contributed by atoms with Crippen LogP contribution in [-0.4, -0.2) is 40.5 Å². The second-order valence-electron chi connectivity index (χ2n) is 4.32. The van der Waals surface area contributed by atoms with Crippen LogP contribution in [0.25, 0.3) is 4.96 Å². The SMILES string of the molecule is CCNCc1c(N2CCSCC2)nc2sccn12. The quantitative estimate of drug-likeness (QED) is 0.930. The van der Waals surface area contributed by atoms with Crippen LogP contribution in [0.3, 0.4) is 0 Å². The second-order valence-corrected chi connectivity index (χ2v) is 6.42. The number of thiazole rings is 1. The van der Waals surface area contributed by atoms with Crippen LogP contribution in [0, 0.1) is 0 Å². The first-order valence-electron chi connectivity index (χ1n) is 6.38. The summed E-state index contributed by atoms with van der Waals surface area (Å²) in [7, 11) is 0. The minimum absolute atomic E-state index is 0.896. The lowest BCUT2D eigenvalue weighted by atomic mass is 10.3. The highest BCUT2D eigenvalue weighted by atomic mass is 32.2. The highest BCUT2D eigenvalue weighted by Gasteiger charge is 2.20. The average Bonchev–Trinajstić information content (AvgIpc) is 2.98. The van der Waals surface area contributed by atoms with Crippen molar-refractivity contribution in [3.63, 3.8) is 0 Å². The van der Waals surface area contributed by atoms with Crippen molar-refractivity contribution in [3.8, 4) is 0 Å². The Bertz CT molecular complexity index is 513. The zero-order valence-corrected chi connectivity index (χ0v) is 12.2. The van der Waals surface area contributed by atoms with E-state index in [9.17, 15) is 0 Å². The third-order valence-corrected chi connectivity index (χ3v) is 4.89. The number of nitrogens with zero attached hydrogens (tertiary/aromatic N) is 3. The zero-order valence-electron chi connectivity index (χ0n) is 10.6. The van der Waals surface area contributed by atoms with Crippen molar-refractivity contribution < 1.29 is 0 Å². The lowest BCUT2D eigenvalue weighted by Crippen LogP contribution is -2.34. The predicted molar refractivity (Wildman–Crippen MR) is 80.0 cm³/mol. The van der Waals surface area contributed by atoms with E-state index >= 15 is 0 Å². The van der Waals surface area contributed by atoms with E-state index in [1.165, 1.54) is 23.0 Å². The maximum Gasteiger partial charge on any atom is 0.195 e. The van der Waals surface area contributed by atoms with Crippen molar-refractivity contribution >= 4 is 33.9 Å². The maximum absolute atomic E-state index is 4.81. The molecule has 0 aromatic carbocycles. The standard InChI is InChI=1S/C12H18N4S2/c1-2-13-9-10-11(15-3-6-17-7-4-15)14-12-16(10)5-8-18-12/h5,8,13H,2-4,6-7,9H2,1H3. The Morgan fingerprint density at radius 2 is 2.22 bits per heavy atom. The average molecular weight is 282 g/mol. The van der Waals surface area contributed by atoms with Gasteiger partial charge in [-0.3, -0.25) is 4.40 Å². The van der Waals surface area contributed by atoms with Crippen molar-refractivity contribution in [2.24, 2.45) is 0 Å². The number of imidazole rings is 1. The topological polar surface area (TPSA) is 32.6 Å². The van der Waals surface area contributed by atoms with Gasteiger partial charge >= 0.3 is 0 Å². The Morgan fingerprint density at radius 3 is 3.00 bits per heavy atom. The van der Waals surface area contributed by atoms with Gasteiger partial charge in [0.1, 0.15) is 0 Å². The van der Waals surface area contributed by atoms with E-state index in [1.807, 2.05) is 11.8 Å². The Balaban J connectivity index is 1.95. The maximum atomic E-state index is 4.81. The van der Waals surface area contributed by atoms with E-state index < -0.39 is 0 Å². The lowest BCUT2D eigenvalue weighted by molar-refractivity contribution is 0.700. The van der Waals surface area contributed by atoms with Crippen LogP contribution < -0.4 is 10.2 Å². The molecule has 0 bridgehead atoms. The van der Waals surface area contributed by atoms with Crippen molar-refractivity contribution in [1.29, 1.82) is 0 Å². The molecule has 1 saturated heterocycles. The van der Waals surface area contributed by atoms with Gasteiger partial charge in [-0.15, -0.1) is 11.3 Å². The molecule has 0 unspecified atom stereocenters. The first kappa shape index (κ1) is 12.3. The molecule has 1 fully saturated rings. The largest absolute Gasteiger partial charge is 0.353 e. The number of anilines is 1. The summed E-state index contributed by atoms with van der Waals surface area (Å²) in [5, 5.41) is 5.53. The molecule has 1 aliphatic rings. The van der Waals surface area contributed by atoms with Gasteiger partial charge in [0.2, 0.25) is 0 Å². The van der Waals surface area contributed by atoms with Gasteiger partial charge in [-0.2, -0.15) is 11.8 Å². The predicted octanol–water partition coefficient (Wildman–Crippen LogP) is 2.06. The molecule has 0 aliphatic carbocycles. The summed E-state index contributed by atoms with van der Waals surface area (Å²) in [6.45, 7) is 6.27. The molecule has 0 spiro atoms. The third kappa shape index (κ3) is 2.24. The molecule has 0 atom stereocenters. The molecule has 4 nitrogen and oxygen atoms in total. The molecule has 1 N–H and O–H groups in total. The fourth-order valence-corrected chi connectivity index (χ4v) is 3.89. The monoisotopic (exact) mass is 282 g/mol. The number of nitrogens with one attached hydrogen (secondary N) is 1. The van der Waals surface area contributed by atoms with Gasteiger partial charge in [0.15, 0.2) is 10.8 Å². The van der Waals surface area contributed by atoms with Gasteiger partial charge in [0, 0.05) is 42.7 Å². The minimum Gasteiger partial charge on any atom is -0.353 e. The summed E-state index contributed by atoms with van der Waals surface area (Å²) >= 11 is 3.75. The fourth-order valence-electron chi connectivity index (χ4n) is 2.26. The number of fused-ring (bicyclic) bond motifs is 1. The summed E-state index contributed by atoms with van der Waals surface area (Å²) in [4.78, 5) is 8.35. The van der Waals surface area contributed by atoms with Crippen LogP contribution in [0.4, 0.5) is 5.82 Å². The summed E-state index contributed by atoms with van der Waals surface area (Å²) in [6, 6.07) is 0. The number of hydrogen-bond donors (Lipinski definition) is 1. The van der Waals surface area contributed by atoms with Gasteiger partial charge in [-0.05, 0) is 6.54 Å². The fraction of sp³-hybridized carbons (Fsp3) is 0.583. The molecular weight excluding hydrogens is 264 g/mol. The van der Waals surface area contributed by atoms with E-state index in [4.69, 9.17) is 4.98 Å². The van der Waals surface area contributed by atoms with E-state index in [1.54, 1.807) is 11.3 Å². The van der Waals surface area contributed by atoms with Crippen LogP contribution in [-0.2, 0) is 6.54 Å². The number of thioether (sulfide) groups is 1. The highest BCUT2D eigenvalue weighted by molar-refractivity contribution is 7.99. The zero-order chi connectivity index (χ0) is 12.4. The lowest BCUT2D eigenvalue weighted by Gasteiger charge is -2.27. The van der Waals surface area contributed by atoms with Gasteiger partial charge in [-0.1, -0.05) is 6.92 Å². The smallest absolute Gasteiger partial charge is 0.195 e. The molecule has 1 aliphatic heterocycles. The normalized spacial score (nSPS) is 16.6. The molecule has 18 heavy (non-hydrogen) atoms. The summed E-state index contributed by atoms with van der Waals surface area (Å²) in [6.07, 6.45) is 2.13. The molecule has 0 saturated carbocycles. The molecule has 2 aromatic heterocycles. The molecule has 3 heterocycles. The third-order valence-electron chi connectivity index (χ3n) is 3.19. The van der Waals surface area contributed by atoms with Gasteiger partial charge in [-0.25, -0.2) is 4.98 Å². The number of aromatic nitrogens is 2. The van der Waals surface area contributed by atoms with Crippen LogP contribution in [0.5, 0.6) is 0 Å². The van der Waals surface area contributed by atoms with Crippen LogP contribution in [0.15, 0.2) is 11.6 Å². The molecule has 0 radical (unpaired) electrons. The molecule has 3 rings (SSSR count). The highest BCUT2D eigenvalue weighted by Crippen LogP contribution is 2.26. The Morgan fingerprint density at radius 1 is 1.39 bits per heavy atom. The van der Waals surface area contributed by atoms with Crippen molar-refractivity contribution in [2.45, 2.75) is 13.5 Å². The molecule has 6 heteroatoms. The van der Waals surface area contributed by atoms with E-state index in [-0.39, 0.29) is 0 Å². The van der Waals surface area contributed by atoms with Gasteiger partial charge in [0.25, 0.3) is 0 Å². The van der Waals surface area contributed by atoms with Crippen molar-refractivity contribution in [1.82, 2.24) is 14.7 Å². The first-order valence-corrected chi connectivity index (χ1v) is 8.41. The molecule has 2 aromatic rings. The van der Waals surface area contributed by atoms with Crippen LogP contribution >= 0.6 is 23.1 Å². The van der Waals surface area contributed by atoms with E-state index in [0.29, 0.717) is 0 Å². The molecule has 98 valence electrons. The Kier molecular flexibility index (Phi) is 3.77. The van der Waals surface area contributed by atoms with Crippen LogP contribution in [0.2, 0.25) is 0 Å². The number of rotatable bonds is 4. The van der Waals surface area contributed by atoms with Crippen molar-refractivity contribution in [2.75, 3.05) is 36.0 Å². The molecule has 0 amide bonds. The van der Waals surface area contributed by atoms with Gasteiger partial charge < -0.3 is 10.2 Å². The Hall–Kier alpha value is -0.720. The minimum atomic E-state index is 0.896. The van der Waals surface area contributed by atoms with Crippen LogP contribution in [0.1, 0.15) is 12.6 Å². The van der Waals surface area contributed by atoms with E-state index in [0.717, 1.165) is 31.1 Å². The van der Waals surface area contributed by atoms with E-state index in [2.05, 4.69) is 33.1 Å². The second kappa shape index (κ2) is 5.50.